The maximum absolute atomic E-state index is 12.9. The third-order valence-electron chi connectivity index (χ3n) is 3.59. The zero-order valence-corrected chi connectivity index (χ0v) is 15.1. The first-order chi connectivity index (χ1) is 12.0. The summed E-state index contributed by atoms with van der Waals surface area (Å²) in [6, 6.07) is 8.53. The van der Waals surface area contributed by atoms with Gasteiger partial charge >= 0.3 is 0 Å². The average Bonchev–Trinajstić information content (AvgIpc) is 2.97. The molecule has 2 heterocycles. The van der Waals surface area contributed by atoms with E-state index in [0.717, 1.165) is 33.3 Å². The number of hydrogen-bond donors (Lipinski definition) is 1. The number of rotatable bonds is 6. The van der Waals surface area contributed by atoms with Crippen LogP contribution in [0.3, 0.4) is 0 Å². The van der Waals surface area contributed by atoms with Gasteiger partial charge < -0.3 is 0 Å². The van der Waals surface area contributed by atoms with Crippen LogP contribution in [0, 0.1) is 12.7 Å². The van der Waals surface area contributed by atoms with Crippen LogP contribution < -0.4 is 4.72 Å². The molecule has 0 spiro atoms. The van der Waals surface area contributed by atoms with Crippen molar-refractivity contribution >= 4 is 21.4 Å². The molecular formula is C17H16FN3O2S2. The Morgan fingerprint density at radius 3 is 2.48 bits per heavy atom. The number of sulfonamides is 1. The smallest absolute Gasteiger partial charge is 0.240 e. The minimum Gasteiger partial charge on any atom is -0.265 e. The van der Waals surface area contributed by atoms with E-state index >= 15 is 0 Å². The van der Waals surface area contributed by atoms with Gasteiger partial charge in [0.25, 0.3) is 0 Å². The van der Waals surface area contributed by atoms with Gasteiger partial charge in [0.15, 0.2) is 0 Å². The molecule has 25 heavy (non-hydrogen) atoms. The maximum atomic E-state index is 12.9. The first-order valence-corrected chi connectivity index (χ1v) is 9.87. The van der Waals surface area contributed by atoms with E-state index in [9.17, 15) is 12.8 Å². The molecule has 130 valence electrons. The SMILES string of the molecule is Cc1nc(-c2ccncc2)sc1CCNS(=O)(=O)c1ccc(F)cc1. The highest BCUT2D eigenvalue weighted by Crippen LogP contribution is 2.27. The van der Waals surface area contributed by atoms with Gasteiger partial charge in [-0.25, -0.2) is 22.5 Å². The number of benzene rings is 1. The van der Waals surface area contributed by atoms with E-state index < -0.39 is 15.8 Å². The van der Waals surface area contributed by atoms with Crippen molar-refractivity contribution in [1.82, 2.24) is 14.7 Å². The molecule has 1 aromatic carbocycles. The standard InChI is InChI=1S/C17H16FN3O2S2/c1-12-16(24-17(21-12)13-6-9-19-10-7-13)8-11-20-25(22,23)15-4-2-14(18)3-5-15/h2-7,9-10,20H,8,11H2,1H3. The quantitative estimate of drug-likeness (QED) is 0.716. The lowest BCUT2D eigenvalue weighted by Gasteiger charge is -2.06. The monoisotopic (exact) mass is 377 g/mol. The van der Waals surface area contributed by atoms with Gasteiger partial charge in [0.2, 0.25) is 10.0 Å². The van der Waals surface area contributed by atoms with Crippen molar-refractivity contribution in [3.8, 4) is 10.6 Å². The number of halogens is 1. The van der Waals surface area contributed by atoms with Crippen LogP contribution in [0.5, 0.6) is 0 Å². The lowest BCUT2D eigenvalue weighted by molar-refractivity contribution is 0.581. The lowest BCUT2D eigenvalue weighted by Crippen LogP contribution is -2.25. The third-order valence-corrected chi connectivity index (χ3v) is 6.33. The van der Waals surface area contributed by atoms with Crippen molar-refractivity contribution in [2.24, 2.45) is 0 Å². The summed E-state index contributed by atoms with van der Waals surface area (Å²) in [4.78, 5) is 9.59. The highest BCUT2D eigenvalue weighted by Gasteiger charge is 2.15. The van der Waals surface area contributed by atoms with E-state index in [2.05, 4.69) is 14.7 Å². The Bertz CT molecular complexity index is 955. The number of aromatic nitrogens is 2. The molecular weight excluding hydrogens is 361 g/mol. The molecule has 0 saturated heterocycles. The predicted octanol–water partition coefficient (Wildman–Crippen LogP) is 3.17. The first kappa shape index (κ1) is 17.7. The molecule has 0 amide bonds. The Hall–Kier alpha value is -2.16. The van der Waals surface area contributed by atoms with E-state index in [1.807, 2.05) is 19.1 Å². The molecule has 0 aliphatic rings. The lowest BCUT2D eigenvalue weighted by atomic mass is 10.3. The maximum Gasteiger partial charge on any atom is 0.240 e. The van der Waals surface area contributed by atoms with Crippen LogP contribution in [-0.4, -0.2) is 24.9 Å². The molecule has 1 N–H and O–H groups in total. The molecule has 2 aromatic heterocycles. The number of pyridine rings is 1. The van der Waals surface area contributed by atoms with E-state index in [1.54, 1.807) is 12.4 Å². The fraction of sp³-hybridized carbons (Fsp3) is 0.176. The zero-order chi connectivity index (χ0) is 17.9. The molecule has 0 saturated carbocycles. The zero-order valence-electron chi connectivity index (χ0n) is 13.4. The van der Waals surface area contributed by atoms with Gasteiger partial charge in [-0.2, -0.15) is 0 Å². The molecule has 5 nitrogen and oxygen atoms in total. The number of aryl methyl sites for hydroxylation is 1. The Morgan fingerprint density at radius 2 is 1.80 bits per heavy atom. The average molecular weight is 377 g/mol. The Morgan fingerprint density at radius 1 is 1.12 bits per heavy atom. The summed E-state index contributed by atoms with van der Waals surface area (Å²) in [7, 11) is -3.65. The van der Waals surface area contributed by atoms with Crippen molar-refractivity contribution in [3.63, 3.8) is 0 Å². The van der Waals surface area contributed by atoms with Crippen LogP contribution in [0.2, 0.25) is 0 Å². The van der Waals surface area contributed by atoms with Gasteiger partial charge in [-0.15, -0.1) is 11.3 Å². The van der Waals surface area contributed by atoms with Crippen LogP contribution in [0.4, 0.5) is 4.39 Å². The van der Waals surface area contributed by atoms with Crippen LogP contribution in [0.15, 0.2) is 53.7 Å². The van der Waals surface area contributed by atoms with E-state index in [4.69, 9.17) is 0 Å². The molecule has 0 unspecified atom stereocenters. The summed E-state index contributed by atoms with van der Waals surface area (Å²) in [5, 5.41) is 0.885. The van der Waals surface area contributed by atoms with Gasteiger partial charge in [-0.3, -0.25) is 4.98 Å². The van der Waals surface area contributed by atoms with Crippen LogP contribution in [0.1, 0.15) is 10.6 Å². The molecule has 0 atom stereocenters. The topological polar surface area (TPSA) is 72.0 Å². The largest absolute Gasteiger partial charge is 0.265 e. The number of thiazole rings is 1. The molecule has 8 heteroatoms. The summed E-state index contributed by atoms with van der Waals surface area (Å²) >= 11 is 1.54. The van der Waals surface area contributed by atoms with E-state index in [1.165, 1.54) is 23.5 Å². The van der Waals surface area contributed by atoms with Gasteiger partial charge in [-0.05, 0) is 49.7 Å². The van der Waals surface area contributed by atoms with E-state index in [0.29, 0.717) is 6.42 Å². The number of hydrogen-bond acceptors (Lipinski definition) is 5. The molecule has 3 aromatic rings. The van der Waals surface area contributed by atoms with Gasteiger partial charge in [0.1, 0.15) is 10.8 Å². The normalized spacial score (nSPS) is 11.6. The fourth-order valence-corrected chi connectivity index (χ4v) is 4.37. The highest BCUT2D eigenvalue weighted by molar-refractivity contribution is 7.89. The number of nitrogens with one attached hydrogen (secondary N) is 1. The molecule has 0 aliphatic carbocycles. The van der Waals surface area contributed by atoms with Crippen LogP contribution >= 0.6 is 11.3 Å². The molecule has 3 rings (SSSR count). The summed E-state index contributed by atoms with van der Waals surface area (Å²) < 4.78 is 39.8. The number of nitrogens with zero attached hydrogens (tertiary/aromatic N) is 2. The predicted molar refractivity (Wildman–Crippen MR) is 95.4 cm³/mol. The summed E-state index contributed by atoms with van der Waals surface area (Å²) in [6.07, 6.45) is 3.96. The fourth-order valence-electron chi connectivity index (χ4n) is 2.27. The molecule has 0 radical (unpaired) electrons. The Balaban J connectivity index is 1.66. The van der Waals surface area contributed by atoms with Gasteiger partial charge in [0.05, 0.1) is 10.6 Å². The summed E-state index contributed by atoms with van der Waals surface area (Å²) in [6.45, 7) is 2.16. The van der Waals surface area contributed by atoms with Crippen molar-refractivity contribution < 1.29 is 12.8 Å². The third kappa shape index (κ3) is 4.28. The Kier molecular flexibility index (Phi) is 5.22. The van der Waals surface area contributed by atoms with Gasteiger partial charge in [-0.1, -0.05) is 0 Å². The second kappa shape index (κ2) is 7.38. The van der Waals surface area contributed by atoms with Crippen LogP contribution in [0.25, 0.3) is 10.6 Å². The summed E-state index contributed by atoms with van der Waals surface area (Å²) in [5.74, 6) is -0.470. The van der Waals surface area contributed by atoms with Crippen molar-refractivity contribution in [1.29, 1.82) is 0 Å². The van der Waals surface area contributed by atoms with Gasteiger partial charge in [0, 0.05) is 29.4 Å². The van der Waals surface area contributed by atoms with Crippen molar-refractivity contribution in [2.45, 2.75) is 18.2 Å². The van der Waals surface area contributed by atoms with E-state index in [-0.39, 0.29) is 11.4 Å². The second-order valence-corrected chi connectivity index (χ2v) is 8.22. The molecule has 0 aliphatic heterocycles. The van der Waals surface area contributed by atoms with Crippen molar-refractivity contribution in [2.75, 3.05) is 6.54 Å². The second-order valence-electron chi connectivity index (χ2n) is 5.37. The Labute approximate surface area is 149 Å². The summed E-state index contributed by atoms with van der Waals surface area (Å²) in [5.41, 5.74) is 1.87. The highest BCUT2D eigenvalue weighted by atomic mass is 32.2. The first-order valence-electron chi connectivity index (χ1n) is 7.57. The molecule has 0 bridgehead atoms. The molecule has 0 fully saturated rings. The van der Waals surface area contributed by atoms with Crippen LogP contribution in [-0.2, 0) is 16.4 Å². The van der Waals surface area contributed by atoms with Crippen molar-refractivity contribution in [3.05, 3.63) is 65.2 Å². The minimum atomic E-state index is -3.65. The minimum absolute atomic E-state index is 0.0485.